The molecule has 0 radical (unpaired) electrons. The molecule has 1 N–H and O–H groups in total. The van der Waals surface area contributed by atoms with Crippen molar-refractivity contribution >= 4 is 21.7 Å². The predicted octanol–water partition coefficient (Wildman–Crippen LogP) is 2.38. The van der Waals surface area contributed by atoms with Gasteiger partial charge in [0.2, 0.25) is 0 Å². The summed E-state index contributed by atoms with van der Waals surface area (Å²) >= 11 is 0. The van der Waals surface area contributed by atoms with Gasteiger partial charge >= 0.3 is 5.97 Å². The van der Waals surface area contributed by atoms with Crippen molar-refractivity contribution in [3.05, 3.63) is 63.7 Å². The highest BCUT2D eigenvalue weighted by molar-refractivity contribution is 7.90. The minimum Gasteiger partial charge on any atom is -0.457 e. The van der Waals surface area contributed by atoms with E-state index in [0.717, 1.165) is 56.3 Å². The van der Waals surface area contributed by atoms with Crippen LogP contribution in [0.1, 0.15) is 55.8 Å². The van der Waals surface area contributed by atoms with Gasteiger partial charge in [-0.1, -0.05) is 6.07 Å². The van der Waals surface area contributed by atoms with Gasteiger partial charge in [0, 0.05) is 37.5 Å². The summed E-state index contributed by atoms with van der Waals surface area (Å²) in [6.45, 7) is 4.90. The lowest BCUT2D eigenvalue weighted by atomic mass is 9.96. The number of esters is 1. The average molecular weight is 482 g/mol. The molecular weight excluding hydrogens is 454 g/mol. The molecule has 1 saturated heterocycles. The van der Waals surface area contributed by atoms with Crippen LogP contribution in [0.3, 0.4) is 0 Å². The molecule has 2 aromatic carbocycles. The Morgan fingerprint density at radius 2 is 1.97 bits per heavy atom. The Kier molecular flexibility index (Phi) is 6.73. The summed E-state index contributed by atoms with van der Waals surface area (Å²) in [6.07, 6.45) is 3.43. The van der Waals surface area contributed by atoms with Gasteiger partial charge < -0.3 is 15.0 Å². The van der Waals surface area contributed by atoms with E-state index >= 15 is 0 Å². The Bertz CT molecular complexity index is 1290. The third kappa shape index (κ3) is 4.98. The molecule has 2 heterocycles. The number of benzene rings is 2. The maximum Gasteiger partial charge on any atom is 0.338 e. The van der Waals surface area contributed by atoms with Crippen LogP contribution in [0.2, 0.25) is 0 Å². The molecule has 0 saturated carbocycles. The molecule has 8 nitrogen and oxygen atoms in total. The fourth-order valence-corrected chi connectivity index (χ4v) is 5.50. The lowest BCUT2D eigenvalue weighted by Gasteiger charge is -2.32. The molecule has 34 heavy (non-hydrogen) atoms. The van der Waals surface area contributed by atoms with Gasteiger partial charge in [0.1, 0.15) is 6.61 Å². The SMILES string of the molecule is Cc1c(CCN2CCC(NC(=O)c3ccc(C#N)cc3S(C)(=O)=O)CC2)ccc2c1COC2=O. The summed E-state index contributed by atoms with van der Waals surface area (Å²) in [5.74, 6) is -0.688. The minimum atomic E-state index is -3.65. The third-order valence-electron chi connectivity index (χ3n) is 6.65. The first-order valence-corrected chi connectivity index (χ1v) is 13.1. The number of cyclic esters (lactones) is 1. The summed E-state index contributed by atoms with van der Waals surface area (Å²) in [6, 6.07) is 9.82. The zero-order valence-electron chi connectivity index (χ0n) is 19.3. The molecule has 2 aliphatic rings. The maximum absolute atomic E-state index is 12.8. The van der Waals surface area contributed by atoms with E-state index in [1.165, 1.54) is 23.8 Å². The van der Waals surface area contributed by atoms with Gasteiger partial charge in [-0.3, -0.25) is 4.79 Å². The Labute approximate surface area is 199 Å². The second kappa shape index (κ2) is 9.57. The molecule has 1 amide bonds. The highest BCUT2D eigenvalue weighted by Gasteiger charge is 2.26. The van der Waals surface area contributed by atoms with Gasteiger partial charge in [-0.05, 0) is 61.6 Å². The van der Waals surface area contributed by atoms with Crippen molar-refractivity contribution in [2.24, 2.45) is 0 Å². The molecule has 0 aromatic heterocycles. The van der Waals surface area contributed by atoms with Crippen molar-refractivity contribution in [3.8, 4) is 6.07 Å². The molecule has 1 fully saturated rings. The largest absolute Gasteiger partial charge is 0.457 e. The van der Waals surface area contributed by atoms with E-state index in [1.807, 2.05) is 25.1 Å². The minimum absolute atomic E-state index is 0.0447. The number of carbonyl (C=O) groups excluding carboxylic acids is 2. The van der Waals surface area contributed by atoms with Crippen molar-refractivity contribution in [2.45, 2.75) is 43.7 Å². The van der Waals surface area contributed by atoms with E-state index in [-0.39, 0.29) is 28.0 Å². The van der Waals surface area contributed by atoms with Crippen molar-refractivity contribution in [3.63, 3.8) is 0 Å². The first-order chi connectivity index (χ1) is 16.2. The van der Waals surface area contributed by atoms with E-state index in [2.05, 4.69) is 10.2 Å². The van der Waals surface area contributed by atoms with E-state index in [4.69, 9.17) is 10.00 Å². The summed E-state index contributed by atoms with van der Waals surface area (Å²) < 4.78 is 29.4. The van der Waals surface area contributed by atoms with Crippen LogP contribution in [0.25, 0.3) is 0 Å². The number of ether oxygens (including phenoxy) is 1. The van der Waals surface area contributed by atoms with Gasteiger partial charge in [-0.15, -0.1) is 0 Å². The third-order valence-corrected chi connectivity index (χ3v) is 7.79. The van der Waals surface area contributed by atoms with Crippen LogP contribution in [0, 0.1) is 18.3 Å². The van der Waals surface area contributed by atoms with E-state index in [0.29, 0.717) is 12.2 Å². The van der Waals surface area contributed by atoms with Gasteiger partial charge in [-0.2, -0.15) is 5.26 Å². The Balaban J connectivity index is 1.33. The highest BCUT2D eigenvalue weighted by atomic mass is 32.2. The number of rotatable bonds is 6. The van der Waals surface area contributed by atoms with E-state index in [1.54, 1.807) is 0 Å². The van der Waals surface area contributed by atoms with Gasteiger partial charge in [0.15, 0.2) is 9.84 Å². The standard InChI is InChI=1S/C25H27N3O5S/c1-16-18(4-6-20-22(16)15-33-25(20)30)7-10-28-11-8-19(9-12-28)27-24(29)21-5-3-17(14-26)13-23(21)34(2,31)32/h3-6,13,19H,7-12,15H2,1-2H3,(H,27,29). The molecule has 9 heteroatoms. The van der Waals surface area contributed by atoms with Crippen molar-refractivity contribution in [1.29, 1.82) is 5.26 Å². The molecule has 2 aromatic rings. The zero-order valence-corrected chi connectivity index (χ0v) is 20.1. The smallest absolute Gasteiger partial charge is 0.338 e. The molecule has 0 bridgehead atoms. The van der Waals surface area contributed by atoms with Gasteiger partial charge in [0.25, 0.3) is 5.91 Å². The monoisotopic (exact) mass is 481 g/mol. The maximum atomic E-state index is 12.8. The molecule has 4 rings (SSSR count). The quantitative estimate of drug-likeness (QED) is 0.630. The molecular formula is C25H27N3O5S. The Hall–Kier alpha value is -3.22. The number of sulfone groups is 1. The molecule has 0 aliphatic carbocycles. The zero-order chi connectivity index (χ0) is 24.5. The fraction of sp³-hybridized carbons (Fsp3) is 0.400. The van der Waals surface area contributed by atoms with Crippen LogP contribution in [0.4, 0.5) is 0 Å². The number of piperidine rings is 1. The topological polar surface area (TPSA) is 117 Å². The first kappa shape index (κ1) is 23.9. The number of amides is 1. The fourth-order valence-electron chi connectivity index (χ4n) is 4.60. The number of nitrogens with one attached hydrogen (secondary N) is 1. The number of nitriles is 1. The summed E-state index contributed by atoms with van der Waals surface area (Å²) in [5.41, 5.74) is 4.25. The van der Waals surface area contributed by atoms with Gasteiger partial charge in [0.05, 0.1) is 27.7 Å². The van der Waals surface area contributed by atoms with Gasteiger partial charge in [-0.25, -0.2) is 13.2 Å². The summed E-state index contributed by atoms with van der Waals surface area (Å²) in [4.78, 5) is 26.8. The molecule has 0 atom stereocenters. The van der Waals surface area contributed by atoms with Crippen LogP contribution in [-0.4, -0.2) is 57.1 Å². The van der Waals surface area contributed by atoms with Crippen molar-refractivity contribution < 1.29 is 22.7 Å². The average Bonchev–Trinajstić information content (AvgIpc) is 3.20. The van der Waals surface area contributed by atoms with Crippen molar-refractivity contribution in [1.82, 2.24) is 10.2 Å². The summed E-state index contributed by atoms with van der Waals surface area (Å²) in [7, 11) is -3.65. The number of fused-ring (bicyclic) bond motifs is 1. The number of hydrogen-bond donors (Lipinski definition) is 1. The summed E-state index contributed by atoms with van der Waals surface area (Å²) in [5, 5.41) is 12.0. The van der Waals surface area contributed by atoms with Crippen LogP contribution >= 0.6 is 0 Å². The van der Waals surface area contributed by atoms with E-state index in [9.17, 15) is 18.0 Å². The lowest BCUT2D eigenvalue weighted by molar-refractivity contribution is 0.0534. The van der Waals surface area contributed by atoms with Crippen LogP contribution in [0.5, 0.6) is 0 Å². The number of likely N-dealkylation sites (tertiary alicyclic amines) is 1. The molecule has 0 unspecified atom stereocenters. The van der Waals surface area contributed by atoms with Crippen LogP contribution < -0.4 is 5.32 Å². The molecule has 0 spiro atoms. The normalized spacial score (nSPS) is 16.6. The number of hydrogen-bond acceptors (Lipinski definition) is 7. The first-order valence-electron chi connectivity index (χ1n) is 11.2. The molecule has 178 valence electrons. The molecule has 2 aliphatic heterocycles. The lowest BCUT2D eigenvalue weighted by Crippen LogP contribution is -2.45. The second-order valence-electron chi connectivity index (χ2n) is 8.89. The van der Waals surface area contributed by atoms with Crippen LogP contribution in [-0.2, 0) is 27.6 Å². The van der Waals surface area contributed by atoms with Crippen molar-refractivity contribution in [2.75, 3.05) is 25.9 Å². The Morgan fingerprint density at radius 1 is 1.24 bits per heavy atom. The number of nitrogens with zero attached hydrogens (tertiary/aromatic N) is 2. The Morgan fingerprint density at radius 3 is 2.65 bits per heavy atom. The number of carbonyl (C=O) groups is 2. The van der Waals surface area contributed by atoms with Crippen LogP contribution in [0.15, 0.2) is 35.2 Å². The van der Waals surface area contributed by atoms with E-state index < -0.39 is 15.7 Å². The highest BCUT2D eigenvalue weighted by Crippen LogP contribution is 2.26. The second-order valence-corrected chi connectivity index (χ2v) is 10.9. The predicted molar refractivity (Wildman–Crippen MR) is 125 cm³/mol.